The van der Waals surface area contributed by atoms with Crippen LogP contribution in [0.15, 0.2) is 160 Å². The molecular formula is C42H25NO2S. The number of rotatable bonds is 4. The normalized spacial score (nSPS) is 11.9. The Morgan fingerprint density at radius 3 is 1.96 bits per heavy atom. The van der Waals surface area contributed by atoms with Gasteiger partial charge in [-0.3, -0.25) is 0 Å². The van der Waals surface area contributed by atoms with Gasteiger partial charge in [0.05, 0.1) is 11.1 Å². The lowest BCUT2D eigenvalue weighted by Crippen LogP contribution is -2.10. The van der Waals surface area contributed by atoms with E-state index in [0.29, 0.717) is 0 Å². The summed E-state index contributed by atoms with van der Waals surface area (Å²) in [5, 5.41) is 6.92. The van der Waals surface area contributed by atoms with Crippen LogP contribution in [0.1, 0.15) is 0 Å². The van der Waals surface area contributed by atoms with Crippen LogP contribution in [-0.4, -0.2) is 0 Å². The van der Waals surface area contributed by atoms with Gasteiger partial charge in [0.15, 0.2) is 0 Å². The molecule has 3 aromatic heterocycles. The lowest BCUT2D eigenvalue weighted by Gasteiger charge is -2.27. The molecule has 0 saturated carbocycles. The molecule has 3 heterocycles. The van der Waals surface area contributed by atoms with Gasteiger partial charge < -0.3 is 13.7 Å². The highest BCUT2D eigenvalue weighted by atomic mass is 32.1. The number of nitrogens with zero attached hydrogens (tertiary/aromatic N) is 1. The van der Waals surface area contributed by atoms with Gasteiger partial charge in [0.25, 0.3) is 0 Å². The standard InChI is InChI=1S/C42H25NO2S/c1-2-10-26(11-3-1)29-21-22-35(41-33-14-5-8-16-37(33)45-42(29)41)43(27-19-23-40-34(24-27)32-13-6-9-17-39(32)46-40)28-18-20-31-30-12-4-7-15-36(30)44-38(31)25-28/h1-25H. The van der Waals surface area contributed by atoms with E-state index in [9.17, 15) is 0 Å². The number of thiophene rings is 1. The topological polar surface area (TPSA) is 29.5 Å². The van der Waals surface area contributed by atoms with Gasteiger partial charge in [0, 0.05) is 59.3 Å². The number of fused-ring (bicyclic) bond motifs is 9. The number of hydrogen-bond acceptors (Lipinski definition) is 4. The zero-order chi connectivity index (χ0) is 30.2. The van der Waals surface area contributed by atoms with Crippen LogP contribution >= 0.6 is 11.3 Å². The number of furan rings is 2. The molecule has 4 heteroatoms. The Balaban J connectivity index is 1.29. The Bertz CT molecular complexity index is 2770. The minimum atomic E-state index is 0.861. The number of para-hydroxylation sites is 2. The first-order valence-corrected chi connectivity index (χ1v) is 16.2. The molecule has 10 rings (SSSR count). The minimum Gasteiger partial charge on any atom is -0.456 e. The van der Waals surface area contributed by atoms with Crippen molar-refractivity contribution in [3.8, 4) is 11.1 Å². The molecule has 0 spiro atoms. The number of benzene rings is 7. The maximum atomic E-state index is 6.68. The lowest BCUT2D eigenvalue weighted by atomic mass is 9.99. The molecule has 0 atom stereocenters. The fourth-order valence-electron chi connectivity index (χ4n) is 6.98. The van der Waals surface area contributed by atoms with Crippen molar-refractivity contribution in [2.24, 2.45) is 0 Å². The SMILES string of the molecule is c1ccc(-c2ccc(N(c3ccc4c(c3)oc3ccccc34)c3ccc4sc5ccccc5c4c3)c3c2oc2ccccc23)cc1. The summed E-state index contributed by atoms with van der Waals surface area (Å²) in [6.07, 6.45) is 0. The highest BCUT2D eigenvalue weighted by Crippen LogP contribution is 2.48. The van der Waals surface area contributed by atoms with E-state index >= 15 is 0 Å². The first-order chi connectivity index (χ1) is 22.8. The average Bonchev–Trinajstić information content (AvgIpc) is 3.80. The molecule has 0 radical (unpaired) electrons. The molecule has 0 amide bonds. The van der Waals surface area contributed by atoms with Crippen molar-refractivity contribution in [2.45, 2.75) is 0 Å². The largest absolute Gasteiger partial charge is 0.456 e. The maximum absolute atomic E-state index is 6.68. The smallest absolute Gasteiger partial charge is 0.145 e. The van der Waals surface area contributed by atoms with Gasteiger partial charge in [0.1, 0.15) is 22.3 Å². The maximum Gasteiger partial charge on any atom is 0.145 e. The summed E-state index contributed by atoms with van der Waals surface area (Å²) in [7, 11) is 0. The van der Waals surface area contributed by atoms with Crippen molar-refractivity contribution in [1.82, 2.24) is 0 Å². The highest BCUT2D eigenvalue weighted by Gasteiger charge is 2.23. The molecule has 0 bridgehead atoms. The monoisotopic (exact) mass is 607 g/mol. The summed E-state index contributed by atoms with van der Waals surface area (Å²) in [6, 6.07) is 53.6. The van der Waals surface area contributed by atoms with E-state index in [1.807, 2.05) is 35.6 Å². The van der Waals surface area contributed by atoms with Gasteiger partial charge in [-0.2, -0.15) is 0 Å². The molecule has 0 aliphatic rings. The van der Waals surface area contributed by atoms with E-state index < -0.39 is 0 Å². The molecule has 0 saturated heterocycles. The molecule has 0 aliphatic carbocycles. The molecule has 0 fully saturated rings. The third-order valence-electron chi connectivity index (χ3n) is 9.07. The zero-order valence-electron chi connectivity index (χ0n) is 24.6. The Kier molecular flexibility index (Phi) is 5.45. The first kappa shape index (κ1) is 25.5. The summed E-state index contributed by atoms with van der Waals surface area (Å²) >= 11 is 1.83. The quantitative estimate of drug-likeness (QED) is 0.199. The summed E-state index contributed by atoms with van der Waals surface area (Å²) in [4.78, 5) is 2.36. The zero-order valence-corrected chi connectivity index (χ0v) is 25.4. The molecule has 0 aliphatic heterocycles. The van der Waals surface area contributed by atoms with Crippen LogP contribution in [0.5, 0.6) is 0 Å². The van der Waals surface area contributed by atoms with Crippen molar-refractivity contribution in [3.63, 3.8) is 0 Å². The molecule has 216 valence electrons. The summed E-state index contributed by atoms with van der Waals surface area (Å²) in [6.45, 7) is 0. The average molecular weight is 608 g/mol. The van der Waals surface area contributed by atoms with Crippen LogP contribution in [0.3, 0.4) is 0 Å². The van der Waals surface area contributed by atoms with Crippen molar-refractivity contribution in [2.75, 3.05) is 4.90 Å². The Labute approximate surface area is 268 Å². The van der Waals surface area contributed by atoms with E-state index in [-0.39, 0.29) is 0 Å². The molecule has 0 N–H and O–H groups in total. The molecule has 3 nitrogen and oxygen atoms in total. The molecular weight excluding hydrogens is 583 g/mol. The number of anilines is 3. The van der Waals surface area contributed by atoms with Gasteiger partial charge >= 0.3 is 0 Å². The van der Waals surface area contributed by atoms with E-state index in [1.54, 1.807) is 0 Å². The van der Waals surface area contributed by atoms with E-state index in [1.165, 1.54) is 20.2 Å². The molecule has 10 aromatic rings. The second-order valence-corrected chi connectivity index (χ2v) is 12.8. The predicted molar refractivity (Wildman–Crippen MR) is 194 cm³/mol. The third kappa shape index (κ3) is 3.77. The van der Waals surface area contributed by atoms with Crippen LogP contribution in [0.4, 0.5) is 17.1 Å². The van der Waals surface area contributed by atoms with E-state index in [2.05, 4.69) is 132 Å². The Morgan fingerprint density at radius 2 is 1.09 bits per heavy atom. The van der Waals surface area contributed by atoms with Gasteiger partial charge in [0.2, 0.25) is 0 Å². The van der Waals surface area contributed by atoms with E-state index in [4.69, 9.17) is 8.83 Å². The fraction of sp³-hybridized carbons (Fsp3) is 0. The van der Waals surface area contributed by atoms with Crippen molar-refractivity contribution in [1.29, 1.82) is 0 Å². The minimum absolute atomic E-state index is 0.861. The van der Waals surface area contributed by atoms with E-state index in [0.717, 1.165) is 72.1 Å². The van der Waals surface area contributed by atoms with Crippen LogP contribution in [0, 0.1) is 0 Å². The number of hydrogen-bond donors (Lipinski definition) is 0. The van der Waals surface area contributed by atoms with Crippen LogP contribution in [-0.2, 0) is 0 Å². The van der Waals surface area contributed by atoms with Gasteiger partial charge in [-0.15, -0.1) is 11.3 Å². The van der Waals surface area contributed by atoms with Gasteiger partial charge in [-0.25, -0.2) is 0 Å². The lowest BCUT2D eigenvalue weighted by molar-refractivity contribution is 0.669. The Hall–Kier alpha value is -5.84. The van der Waals surface area contributed by atoms with Gasteiger partial charge in [-0.1, -0.05) is 84.9 Å². The predicted octanol–water partition coefficient (Wildman–Crippen LogP) is 13.0. The third-order valence-corrected chi connectivity index (χ3v) is 10.2. The molecule has 7 aromatic carbocycles. The fourth-order valence-corrected chi connectivity index (χ4v) is 8.06. The summed E-state index contributed by atoms with van der Waals surface area (Å²) in [5.41, 5.74) is 8.84. The van der Waals surface area contributed by atoms with Crippen LogP contribution in [0.2, 0.25) is 0 Å². The van der Waals surface area contributed by atoms with Crippen LogP contribution < -0.4 is 4.90 Å². The van der Waals surface area contributed by atoms with Crippen molar-refractivity contribution in [3.05, 3.63) is 152 Å². The van der Waals surface area contributed by atoms with Crippen molar-refractivity contribution >= 4 is 92.4 Å². The molecule has 0 unspecified atom stereocenters. The van der Waals surface area contributed by atoms with Gasteiger partial charge in [-0.05, 0) is 66.2 Å². The Morgan fingerprint density at radius 1 is 0.435 bits per heavy atom. The first-order valence-electron chi connectivity index (χ1n) is 15.4. The molecule has 46 heavy (non-hydrogen) atoms. The summed E-state index contributed by atoms with van der Waals surface area (Å²) < 4.78 is 15.7. The second kappa shape index (κ2) is 9.83. The second-order valence-electron chi connectivity index (χ2n) is 11.7. The van der Waals surface area contributed by atoms with Crippen LogP contribution in [0.25, 0.3) is 75.2 Å². The highest BCUT2D eigenvalue weighted by molar-refractivity contribution is 7.25. The van der Waals surface area contributed by atoms with Crippen molar-refractivity contribution < 1.29 is 8.83 Å². The summed E-state index contributed by atoms with van der Waals surface area (Å²) in [5.74, 6) is 0.